The van der Waals surface area contributed by atoms with Gasteiger partial charge in [0.15, 0.2) is 23.8 Å². The van der Waals surface area contributed by atoms with E-state index in [-0.39, 0.29) is 41.6 Å². The third kappa shape index (κ3) is 8.37. The second-order valence-electron chi connectivity index (χ2n) is 20.7. The number of hydrogen-bond acceptors (Lipinski definition) is 18. The van der Waals surface area contributed by atoms with E-state index in [2.05, 4.69) is 0 Å². The van der Waals surface area contributed by atoms with Gasteiger partial charge in [0.2, 0.25) is 0 Å². The molecule has 3 aromatic rings. The van der Waals surface area contributed by atoms with E-state index < -0.39 is 116 Å². The van der Waals surface area contributed by atoms with Crippen molar-refractivity contribution >= 4 is 53.1 Å². The van der Waals surface area contributed by atoms with E-state index in [1.54, 1.807) is 12.1 Å². The third-order valence-electron chi connectivity index (χ3n) is 16.9. The number of furan rings is 2. The molecule has 2 saturated heterocycles. The van der Waals surface area contributed by atoms with Crippen LogP contribution in [0.4, 0.5) is 5.69 Å². The van der Waals surface area contributed by atoms with E-state index in [1.165, 1.54) is 70.5 Å². The number of non-ortho nitro benzene ring substituents is 1. The highest BCUT2D eigenvalue weighted by molar-refractivity contribution is 5.96. The predicted molar refractivity (Wildman–Crippen MR) is 237 cm³/mol. The van der Waals surface area contributed by atoms with Crippen molar-refractivity contribution in [3.8, 4) is 0 Å². The van der Waals surface area contributed by atoms with Crippen LogP contribution in [0.1, 0.15) is 120 Å². The Morgan fingerprint density at radius 1 is 0.643 bits per heavy atom. The Morgan fingerprint density at radius 3 is 1.44 bits per heavy atom. The molecule has 2 unspecified atom stereocenters. The summed E-state index contributed by atoms with van der Waals surface area (Å²) in [6.45, 7) is 8.84. The summed E-state index contributed by atoms with van der Waals surface area (Å²) >= 11 is 0. The first-order valence-corrected chi connectivity index (χ1v) is 23.4. The number of ether oxygens (including phenoxy) is 6. The molecule has 0 bridgehead atoms. The van der Waals surface area contributed by atoms with E-state index in [1.807, 2.05) is 27.7 Å². The maximum atomic E-state index is 14.2. The molecule has 0 spiro atoms. The average Bonchev–Trinajstić information content (AvgIpc) is 4.06. The predicted octanol–water partition coefficient (Wildman–Crippen LogP) is 7.20. The number of hydrogen-bond donors (Lipinski definition) is 0. The summed E-state index contributed by atoms with van der Waals surface area (Å²) in [7, 11) is 2.59. The molecule has 2 aromatic heterocycles. The average molecular weight is 972 g/mol. The number of nitro groups is 1. The first-order valence-electron chi connectivity index (χ1n) is 23.4. The molecule has 0 amide bonds. The fourth-order valence-electron chi connectivity index (χ4n) is 13.6. The highest BCUT2D eigenvalue weighted by Gasteiger charge is 2.69. The molecular formula is C51H57NO18. The lowest BCUT2D eigenvalue weighted by Gasteiger charge is -2.61. The minimum atomic E-state index is -1.27. The van der Waals surface area contributed by atoms with Gasteiger partial charge in [-0.05, 0) is 84.5 Å². The van der Waals surface area contributed by atoms with Crippen LogP contribution >= 0.6 is 0 Å². The fourth-order valence-corrected chi connectivity index (χ4v) is 13.6. The number of carbonyl (C=O) groups is 8. The summed E-state index contributed by atoms with van der Waals surface area (Å²) < 4.78 is 43.0. The van der Waals surface area contributed by atoms with Crippen molar-refractivity contribution < 1.29 is 80.5 Å². The highest BCUT2D eigenvalue weighted by atomic mass is 16.6. The Hall–Kier alpha value is -6.66. The SMILES string of the molecule is COC(=O)[C@@H]1C[C@@H](OC(=O)c2ccc([N+](=O)[O-])cc2)C(=O)C2[C@@]1(C)CC[C@H]1C(=O)O[C@H](c3ccoc3)C[C@]21C.COC(=O)[C@@H]1C[C@@H](OC(C)=O)C(=O)C2[C@@]1(C)CC[C@H]1C(=O)O[C@H](c3ccoc3)C[C@]21C. The van der Waals surface area contributed by atoms with Gasteiger partial charge in [-0.2, -0.15) is 0 Å². The maximum absolute atomic E-state index is 14.2. The zero-order valence-corrected chi connectivity index (χ0v) is 40.0. The van der Waals surface area contributed by atoms with Crippen LogP contribution in [0.5, 0.6) is 0 Å². The molecule has 19 heteroatoms. The molecule has 19 nitrogen and oxygen atoms in total. The summed E-state index contributed by atoms with van der Waals surface area (Å²) in [5, 5.41) is 11.0. The lowest BCUT2D eigenvalue weighted by Crippen LogP contribution is -2.64. The number of nitro benzene ring substituents is 1. The number of benzene rings is 1. The lowest BCUT2D eigenvalue weighted by molar-refractivity contribution is -0.384. The Bertz CT molecular complexity index is 2570. The third-order valence-corrected chi connectivity index (χ3v) is 16.9. The van der Waals surface area contributed by atoms with Crippen molar-refractivity contribution in [2.75, 3.05) is 14.2 Å². The van der Waals surface area contributed by atoms with Crippen molar-refractivity contribution in [2.45, 2.75) is 110 Å². The number of esters is 6. The Balaban J connectivity index is 0.000000193. The Labute approximate surface area is 402 Å². The molecule has 374 valence electrons. The van der Waals surface area contributed by atoms with Crippen LogP contribution in [-0.2, 0) is 62.0 Å². The molecule has 14 atom stereocenters. The maximum Gasteiger partial charge on any atom is 0.338 e. The number of ketones is 2. The van der Waals surface area contributed by atoms with Crippen LogP contribution in [0, 0.1) is 67.3 Å². The summed E-state index contributed by atoms with van der Waals surface area (Å²) in [5.74, 6) is -7.62. The number of methoxy groups -OCH3 is 2. The number of rotatable bonds is 8. The van der Waals surface area contributed by atoms with E-state index in [9.17, 15) is 48.5 Å². The molecule has 9 rings (SSSR count). The zero-order valence-electron chi connectivity index (χ0n) is 40.0. The molecule has 2 aliphatic heterocycles. The number of carbonyl (C=O) groups excluding carboxylic acids is 8. The second-order valence-corrected chi connectivity index (χ2v) is 20.7. The van der Waals surface area contributed by atoms with Crippen molar-refractivity contribution in [3.63, 3.8) is 0 Å². The standard InChI is InChI=1S/C28H29NO10.C23H28O8/c1-27-10-8-18-26(33)39-21(16-9-11-37-14-16)13-28(18,2)23(27)22(30)20(12-19(27)25(32)36-3)38-24(31)15-4-6-17(7-5-15)29(34)35;1-12(24)30-16-9-15(20(26)28-4)22(2)7-5-14-21(27)31-17(13-6-8-29-11-13)10-23(14,3)19(22)18(16)25/h4-7,9,11,14,18-21,23H,8,10,12-13H2,1-3H3;6,8,11,14-17,19H,5,7,9-10H2,1-4H3/t18-,19-,20+,21-,23?,27-,28-;14-,15-,16+,17-,19?,22-,23-/m00/s1. The molecule has 0 N–H and O–H groups in total. The molecule has 1 aromatic carbocycles. The van der Waals surface area contributed by atoms with E-state index in [0.717, 1.165) is 5.56 Å². The van der Waals surface area contributed by atoms with E-state index in [4.69, 9.17) is 37.3 Å². The van der Waals surface area contributed by atoms with Gasteiger partial charge >= 0.3 is 35.8 Å². The summed E-state index contributed by atoms with van der Waals surface area (Å²) in [5.41, 5.74) is -1.99. The molecule has 4 aliphatic carbocycles. The largest absolute Gasteiger partial charge is 0.472 e. The van der Waals surface area contributed by atoms with Crippen LogP contribution in [-0.4, -0.2) is 78.7 Å². The highest BCUT2D eigenvalue weighted by Crippen LogP contribution is 2.67. The van der Waals surface area contributed by atoms with Crippen molar-refractivity contribution in [2.24, 2.45) is 57.2 Å². The first-order chi connectivity index (χ1) is 33.1. The Morgan fingerprint density at radius 2 is 1.07 bits per heavy atom. The number of Topliss-reactive ketones (excluding diaryl/α,β-unsaturated/α-hetero) is 2. The van der Waals surface area contributed by atoms with Gasteiger partial charge in [-0.15, -0.1) is 0 Å². The first kappa shape index (κ1) is 49.8. The minimum absolute atomic E-state index is 0.0327. The molecule has 0 radical (unpaired) electrons. The topological polar surface area (TPSA) is 261 Å². The molecule has 4 saturated carbocycles. The summed E-state index contributed by atoms with van der Waals surface area (Å²) in [4.78, 5) is 115. The van der Waals surface area contributed by atoms with Gasteiger partial charge in [-0.3, -0.25) is 43.7 Å². The van der Waals surface area contributed by atoms with Crippen LogP contribution in [0.2, 0.25) is 0 Å². The van der Waals surface area contributed by atoms with Gasteiger partial charge < -0.3 is 37.3 Å². The van der Waals surface area contributed by atoms with Gasteiger partial charge in [-0.1, -0.05) is 27.7 Å². The van der Waals surface area contributed by atoms with Gasteiger partial charge in [0.25, 0.3) is 5.69 Å². The van der Waals surface area contributed by atoms with Gasteiger partial charge in [-0.25, -0.2) is 4.79 Å². The molecule has 6 fully saturated rings. The van der Waals surface area contributed by atoms with Crippen LogP contribution < -0.4 is 0 Å². The quantitative estimate of drug-likeness (QED) is 0.0934. The molecule has 6 aliphatic rings. The van der Waals surface area contributed by atoms with Crippen molar-refractivity contribution in [3.05, 3.63) is 88.3 Å². The summed E-state index contributed by atoms with van der Waals surface area (Å²) in [6.07, 6.45) is 5.17. The fraction of sp³-hybridized carbons (Fsp3) is 0.569. The van der Waals surface area contributed by atoms with Gasteiger partial charge in [0, 0.05) is 54.9 Å². The van der Waals surface area contributed by atoms with Crippen LogP contribution in [0.15, 0.2) is 70.3 Å². The van der Waals surface area contributed by atoms with E-state index in [0.29, 0.717) is 44.1 Å². The smallest absolute Gasteiger partial charge is 0.338 e. The van der Waals surface area contributed by atoms with Gasteiger partial charge in [0.05, 0.1) is 73.4 Å². The number of cyclic esters (lactones) is 2. The van der Waals surface area contributed by atoms with E-state index >= 15 is 0 Å². The van der Waals surface area contributed by atoms with Crippen LogP contribution in [0.25, 0.3) is 0 Å². The molecule has 70 heavy (non-hydrogen) atoms. The Kier molecular flexibility index (Phi) is 13.2. The van der Waals surface area contributed by atoms with Crippen molar-refractivity contribution in [1.29, 1.82) is 0 Å². The number of nitrogens with zero attached hydrogens (tertiary/aromatic N) is 1. The number of fused-ring (bicyclic) bond motifs is 6. The minimum Gasteiger partial charge on any atom is -0.472 e. The monoisotopic (exact) mass is 971 g/mol. The molecule has 4 heterocycles. The van der Waals surface area contributed by atoms with Crippen molar-refractivity contribution in [1.82, 2.24) is 0 Å². The second kappa shape index (κ2) is 18.6. The summed E-state index contributed by atoms with van der Waals surface area (Å²) in [6, 6.07) is 8.29. The lowest BCUT2D eigenvalue weighted by atomic mass is 9.43. The normalized spacial score (nSPS) is 36.4. The molecular weight excluding hydrogens is 915 g/mol. The van der Waals surface area contributed by atoms with Crippen LogP contribution in [0.3, 0.4) is 0 Å². The zero-order chi connectivity index (χ0) is 50.7. The van der Waals surface area contributed by atoms with Gasteiger partial charge in [0.1, 0.15) is 12.2 Å².